The Balaban J connectivity index is 2.68. The fourth-order valence-corrected chi connectivity index (χ4v) is 0.937. The second kappa shape index (κ2) is 4.69. The van der Waals surface area contributed by atoms with Gasteiger partial charge in [0.15, 0.2) is 0 Å². The van der Waals surface area contributed by atoms with Gasteiger partial charge in [-0.15, -0.1) is 0 Å². The molecule has 0 aliphatic carbocycles. The van der Waals surface area contributed by atoms with Gasteiger partial charge in [0, 0.05) is 24.8 Å². The molecule has 4 N–H and O–H groups in total. The third kappa shape index (κ3) is 2.18. The lowest BCUT2D eigenvalue weighted by Crippen LogP contribution is -2.10. The maximum Gasteiger partial charge on any atom is 0.130 e. The summed E-state index contributed by atoms with van der Waals surface area (Å²) < 4.78 is 0. The van der Waals surface area contributed by atoms with Crippen LogP contribution in [0, 0.1) is 0 Å². The van der Waals surface area contributed by atoms with Crippen LogP contribution in [0.2, 0.25) is 0 Å². The maximum atomic E-state index is 8.57. The van der Waals surface area contributed by atoms with E-state index in [1.807, 2.05) is 12.1 Å². The summed E-state index contributed by atoms with van der Waals surface area (Å²) >= 11 is 0. The first kappa shape index (κ1) is 8.96. The molecule has 4 nitrogen and oxygen atoms in total. The van der Waals surface area contributed by atoms with E-state index in [0.29, 0.717) is 13.1 Å². The number of rotatable bonds is 4. The molecule has 66 valence electrons. The maximum absolute atomic E-state index is 8.57. The molecule has 1 aromatic rings. The van der Waals surface area contributed by atoms with Crippen molar-refractivity contribution in [1.82, 2.24) is 4.98 Å². The number of hydrogen-bond acceptors (Lipinski definition) is 4. The highest BCUT2D eigenvalue weighted by molar-refractivity contribution is 5.43. The van der Waals surface area contributed by atoms with E-state index < -0.39 is 0 Å². The van der Waals surface area contributed by atoms with Crippen LogP contribution in [-0.4, -0.2) is 23.2 Å². The zero-order valence-corrected chi connectivity index (χ0v) is 6.83. The zero-order chi connectivity index (χ0) is 8.81. The summed E-state index contributed by atoms with van der Waals surface area (Å²) in [4.78, 5) is 4.08. The Morgan fingerprint density at radius 2 is 2.42 bits per heavy atom. The topological polar surface area (TPSA) is 71.2 Å². The van der Waals surface area contributed by atoms with Gasteiger partial charge in [-0.05, 0) is 6.07 Å². The van der Waals surface area contributed by atoms with E-state index in [4.69, 9.17) is 10.8 Å². The molecular weight excluding hydrogens is 154 g/mol. The number of nitrogens with one attached hydrogen (secondary N) is 1. The molecule has 0 atom stereocenters. The molecule has 0 radical (unpaired) electrons. The zero-order valence-electron chi connectivity index (χ0n) is 6.83. The molecule has 0 saturated carbocycles. The highest BCUT2D eigenvalue weighted by Crippen LogP contribution is 2.08. The van der Waals surface area contributed by atoms with Crippen LogP contribution in [0.15, 0.2) is 18.3 Å². The molecule has 1 rings (SSSR count). The normalized spacial score (nSPS) is 9.83. The lowest BCUT2D eigenvalue weighted by atomic mass is 10.2. The first-order chi connectivity index (χ1) is 5.88. The largest absolute Gasteiger partial charge is 0.395 e. The van der Waals surface area contributed by atoms with Gasteiger partial charge in [-0.2, -0.15) is 0 Å². The number of aliphatic hydroxyl groups is 1. The van der Waals surface area contributed by atoms with Crippen LogP contribution in [0.3, 0.4) is 0 Å². The molecular formula is C8H13N3O. The summed E-state index contributed by atoms with van der Waals surface area (Å²) in [6, 6.07) is 3.75. The van der Waals surface area contributed by atoms with Gasteiger partial charge in [-0.1, -0.05) is 6.07 Å². The number of aromatic nitrogens is 1. The summed E-state index contributed by atoms with van der Waals surface area (Å²) in [6.07, 6.45) is 1.69. The van der Waals surface area contributed by atoms with Gasteiger partial charge in [0.1, 0.15) is 5.82 Å². The quantitative estimate of drug-likeness (QED) is 0.587. The molecule has 0 spiro atoms. The molecule has 0 bridgehead atoms. The van der Waals surface area contributed by atoms with Crippen molar-refractivity contribution in [2.75, 3.05) is 18.5 Å². The lowest BCUT2D eigenvalue weighted by molar-refractivity contribution is 0.311. The Labute approximate surface area is 71.4 Å². The van der Waals surface area contributed by atoms with E-state index in [-0.39, 0.29) is 6.61 Å². The second-order valence-electron chi connectivity index (χ2n) is 2.37. The number of pyridine rings is 1. The second-order valence-corrected chi connectivity index (χ2v) is 2.37. The number of hydrogen-bond donors (Lipinski definition) is 3. The minimum atomic E-state index is 0.0978. The Morgan fingerprint density at radius 3 is 3.08 bits per heavy atom. The van der Waals surface area contributed by atoms with Crippen LogP contribution in [0.5, 0.6) is 0 Å². The van der Waals surface area contributed by atoms with Crippen molar-refractivity contribution in [2.24, 2.45) is 5.73 Å². The molecule has 0 amide bonds. The SMILES string of the molecule is NCc1cccnc1NCCO. The van der Waals surface area contributed by atoms with Crippen LogP contribution in [0.1, 0.15) is 5.56 Å². The van der Waals surface area contributed by atoms with E-state index >= 15 is 0 Å². The third-order valence-corrected chi connectivity index (χ3v) is 1.52. The Hall–Kier alpha value is -1.13. The average molecular weight is 167 g/mol. The smallest absolute Gasteiger partial charge is 0.130 e. The first-order valence-electron chi connectivity index (χ1n) is 3.87. The van der Waals surface area contributed by atoms with Crippen molar-refractivity contribution in [2.45, 2.75) is 6.54 Å². The van der Waals surface area contributed by atoms with Crippen molar-refractivity contribution in [3.63, 3.8) is 0 Å². The summed E-state index contributed by atoms with van der Waals surface area (Å²) in [7, 11) is 0. The van der Waals surface area contributed by atoms with Gasteiger partial charge >= 0.3 is 0 Å². The van der Waals surface area contributed by atoms with Crippen molar-refractivity contribution >= 4 is 5.82 Å². The fourth-order valence-electron chi connectivity index (χ4n) is 0.937. The monoisotopic (exact) mass is 167 g/mol. The van der Waals surface area contributed by atoms with Crippen molar-refractivity contribution in [3.8, 4) is 0 Å². The molecule has 0 aliphatic rings. The summed E-state index contributed by atoms with van der Waals surface area (Å²) in [6.45, 7) is 1.06. The minimum absolute atomic E-state index is 0.0978. The van der Waals surface area contributed by atoms with Crippen molar-refractivity contribution in [3.05, 3.63) is 23.9 Å². The number of nitrogens with zero attached hydrogens (tertiary/aromatic N) is 1. The molecule has 0 unspecified atom stereocenters. The molecule has 12 heavy (non-hydrogen) atoms. The molecule has 0 aliphatic heterocycles. The van der Waals surface area contributed by atoms with Crippen LogP contribution in [0.25, 0.3) is 0 Å². The first-order valence-corrected chi connectivity index (χ1v) is 3.87. The number of anilines is 1. The van der Waals surface area contributed by atoms with E-state index in [2.05, 4.69) is 10.3 Å². The van der Waals surface area contributed by atoms with Gasteiger partial charge < -0.3 is 16.2 Å². The standard InChI is InChI=1S/C8H13N3O/c9-6-7-2-1-3-10-8(7)11-4-5-12/h1-3,12H,4-6,9H2,(H,10,11). The minimum Gasteiger partial charge on any atom is -0.395 e. The van der Waals surface area contributed by atoms with Crippen LogP contribution < -0.4 is 11.1 Å². The number of nitrogens with two attached hydrogens (primary N) is 1. The third-order valence-electron chi connectivity index (χ3n) is 1.52. The molecule has 0 aromatic carbocycles. The highest BCUT2D eigenvalue weighted by atomic mass is 16.3. The Bertz CT molecular complexity index is 239. The van der Waals surface area contributed by atoms with Gasteiger partial charge in [-0.25, -0.2) is 4.98 Å². The average Bonchev–Trinajstić information content (AvgIpc) is 2.15. The molecule has 0 fully saturated rings. The predicted octanol–water partition coefficient (Wildman–Crippen LogP) is -0.0555. The van der Waals surface area contributed by atoms with E-state index in [9.17, 15) is 0 Å². The van der Waals surface area contributed by atoms with Crippen LogP contribution >= 0.6 is 0 Å². The molecule has 1 aromatic heterocycles. The predicted molar refractivity (Wildman–Crippen MR) is 47.7 cm³/mol. The Kier molecular flexibility index (Phi) is 3.50. The Morgan fingerprint density at radius 1 is 1.58 bits per heavy atom. The van der Waals surface area contributed by atoms with Crippen LogP contribution in [-0.2, 0) is 6.54 Å². The van der Waals surface area contributed by atoms with E-state index in [1.54, 1.807) is 6.20 Å². The van der Waals surface area contributed by atoms with Crippen molar-refractivity contribution in [1.29, 1.82) is 0 Å². The van der Waals surface area contributed by atoms with E-state index in [0.717, 1.165) is 11.4 Å². The summed E-state index contributed by atoms with van der Waals surface area (Å²) in [5.74, 6) is 0.758. The molecule has 4 heteroatoms. The molecule has 1 heterocycles. The van der Waals surface area contributed by atoms with Gasteiger partial charge in [-0.3, -0.25) is 0 Å². The lowest BCUT2D eigenvalue weighted by Gasteiger charge is -2.06. The van der Waals surface area contributed by atoms with Crippen LogP contribution in [0.4, 0.5) is 5.82 Å². The van der Waals surface area contributed by atoms with Gasteiger partial charge in [0.05, 0.1) is 6.61 Å². The number of aliphatic hydroxyl groups excluding tert-OH is 1. The van der Waals surface area contributed by atoms with Gasteiger partial charge in [0.25, 0.3) is 0 Å². The van der Waals surface area contributed by atoms with Gasteiger partial charge in [0.2, 0.25) is 0 Å². The fraction of sp³-hybridized carbons (Fsp3) is 0.375. The molecule has 0 saturated heterocycles. The highest BCUT2D eigenvalue weighted by Gasteiger charge is 1.98. The van der Waals surface area contributed by atoms with E-state index in [1.165, 1.54) is 0 Å². The summed E-state index contributed by atoms with van der Waals surface area (Å²) in [5, 5.41) is 11.5. The van der Waals surface area contributed by atoms with Crippen molar-refractivity contribution < 1.29 is 5.11 Å². The summed E-state index contributed by atoms with van der Waals surface area (Å²) in [5.41, 5.74) is 6.44.